The number of hydrogen-bond acceptors (Lipinski definition) is 4. The predicted octanol–water partition coefficient (Wildman–Crippen LogP) is 3.78. The lowest BCUT2D eigenvalue weighted by Crippen LogP contribution is -2.34. The number of rotatable bonds is 3. The smallest absolute Gasteiger partial charge is 0.251 e. The monoisotopic (exact) mass is 362 g/mol. The molecule has 0 saturated heterocycles. The largest absolute Gasteiger partial charge is 0.360 e. The highest BCUT2D eigenvalue weighted by molar-refractivity contribution is 6.04. The summed E-state index contributed by atoms with van der Waals surface area (Å²) in [5.41, 5.74) is 4.96. The third kappa shape index (κ3) is 3.18. The van der Waals surface area contributed by atoms with Crippen LogP contribution in [0.4, 0.5) is 5.69 Å². The van der Waals surface area contributed by atoms with Gasteiger partial charge in [-0.1, -0.05) is 5.16 Å². The second-order valence-electron chi connectivity index (χ2n) is 6.85. The fourth-order valence-corrected chi connectivity index (χ4v) is 3.64. The summed E-state index contributed by atoms with van der Waals surface area (Å²) in [5.74, 6) is 1.50. The van der Waals surface area contributed by atoms with E-state index in [1.165, 1.54) is 0 Å². The minimum absolute atomic E-state index is 0.0222. The third-order valence-corrected chi connectivity index (χ3v) is 4.94. The van der Waals surface area contributed by atoms with Crippen molar-refractivity contribution in [2.45, 2.75) is 33.6 Å². The van der Waals surface area contributed by atoms with Gasteiger partial charge in [0.2, 0.25) is 0 Å². The Morgan fingerprint density at radius 3 is 2.89 bits per heavy atom. The van der Waals surface area contributed by atoms with Gasteiger partial charge in [-0.05, 0) is 63.5 Å². The summed E-state index contributed by atoms with van der Waals surface area (Å²) >= 11 is 0. The van der Waals surface area contributed by atoms with Gasteiger partial charge in [0, 0.05) is 36.3 Å². The first-order valence-corrected chi connectivity index (χ1v) is 9.10. The molecule has 0 spiro atoms. The molecule has 4 rings (SSSR count). The molecule has 0 fully saturated rings. The van der Waals surface area contributed by atoms with E-state index in [4.69, 9.17) is 4.52 Å². The molecule has 0 radical (unpaired) electrons. The molecule has 4 heterocycles. The molecule has 0 aromatic carbocycles. The molecule has 0 aliphatic carbocycles. The van der Waals surface area contributed by atoms with E-state index < -0.39 is 0 Å². The number of carbonyl (C=O) groups excluding carboxylic acids is 1. The van der Waals surface area contributed by atoms with Gasteiger partial charge < -0.3 is 9.42 Å². The first-order valence-electron chi connectivity index (χ1n) is 9.10. The molecule has 0 bridgehead atoms. The van der Waals surface area contributed by atoms with Crippen LogP contribution in [0, 0.1) is 20.8 Å². The number of aryl methyl sites for hydroxylation is 3. The van der Waals surface area contributed by atoms with Crippen molar-refractivity contribution < 1.29 is 9.32 Å². The van der Waals surface area contributed by atoms with Crippen molar-refractivity contribution in [3.63, 3.8) is 0 Å². The van der Waals surface area contributed by atoms with Gasteiger partial charge in [-0.3, -0.25) is 14.3 Å². The maximum Gasteiger partial charge on any atom is 0.251 e. The standard InChI is InChI=1S/C21H22N4O2/c1-14-12-17(16(3)25(14)20-13-15(2)27-23-20)8-9-21(26)24-11-5-6-18-19(24)7-4-10-22-18/h4,7-10,12-13H,5-6,11H2,1-3H3. The molecule has 3 aromatic rings. The number of hydrogen-bond donors (Lipinski definition) is 0. The van der Waals surface area contributed by atoms with Gasteiger partial charge >= 0.3 is 0 Å². The van der Waals surface area contributed by atoms with Gasteiger partial charge in [0.1, 0.15) is 5.76 Å². The lowest BCUT2D eigenvalue weighted by Gasteiger charge is -2.27. The second kappa shape index (κ2) is 6.87. The van der Waals surface area contributed by atoms with E-state index in [2.05, 4.69) is 16.2 Å². The van der Waals surface area contributed by atoms with Crippen molar-refractivity contribution in [3.05, 3.63) is 64.9 Å². The van der Waals surface area contributed by atoms with Gasteiger partial charge in [0.05, 0.1) is 11.4 Å². The number of aromatic nitrogens is 3. The minimum Gasteiger partial charge on any atom is -0.360 e. The van der Waals surface area contributed by atoms with Crippen LogP contribution in [0.5, 0.6) is 0 Å². The normalized spacial score (nSPS) is 14.0. The lowest BCUT2D eigenvalue weighted by molar-refractivity contribution is -0.114. The van der Waals surface area contributed by atoms with Crippen LogP contribution in [-0.2, 0) is 11.2 Å². The number of carbonyl (C=O) groups is 1. The Bertz CT molecular complexity index is 1030. The molecule has 6 nitrogen and oxygen atoms in total. The zero-order valence-corrected chi connectivity index (χ0v) is 15.8. The molecule has 27 heavy (non-hydrogen) atoms. The molecule has 1 aliphatic heterocycles. The maximum atomic E-state index is 12.8. The van der Waals surface area contributed by atoms with E-state index in [1.54, 1.807) is 12.3 Å². The van der Waals surface area contributed by atoms with Crippen molar-refractivity contribution in [1.82, 2.24) is 14.7 Å². The van der Waals surface area contributed by atoms with Gasteiger partial charge in [-0.2, -0.15) is 0 Å². The van der Waals surface area contributed by atoms with Crippen LogP contribution < -0.4 is 4.90 Å². The van der Waals surface area contributed by atoms with Crippen molar-refractivity contribution in [3.8, 4) is 5.82 Å². The summed E-state index contributed by atoms with van der Waals surface area (Å²) in [6.07, 6.45) is 7.15. The van der Waals surface area contributed by atoms with Crippen molar-refractivity contribution in [1.29, 1.82) is 0 Å². The highest BCUT2D eigenvalue weighted by atomic mass is 16.5. The van der Waals surface area contributed by atoms with Crippen LogP contribution in [0.15, 0.2) is 41.1 Å². The molecule has 0 atom stereocenters. The van der Waals surface area contributed by atoms with Gasteiger partial charge in [0.15, 0.2) is 5.82 Å². The van der Waals surface area contributed by atoms with Gasteiger partial charge in [-0.15, -0.1) is 0 Å². The minimum atomic E-state index is -0.0222. The van der Waals surface area contributed by atoms with E-state index in [9.17, 15) is 4.79 Å². The Balaban J connectivity index is 1.60. The zero-order chi connectivity index (χ0) is 19.0. The molecule has 3 aromatic heterocycles. The number of pyridine rings is 1. The number of fused-ring (bicyclic) bond motifs is 1. The lowest BCUT2D eigenvalue weighted by atomic mass is 10.1. The topological polar surface area (TPSA) is 64.2 Å². The molecular weight excluding hydrogens is 340 g/mol. The van der Waals surface area contributed by atoms with Crippen LogP contribution in [0.3, 0.4) is 0 Å². The van der Waals surface area contributed by atoms with Crippen molar-refractivity contribution in [2.75, 3.05) is 11.4 Å². The van der Waals surface area contributed by atoms with Crippen molar-refractivity contribution in [2.24, 2.45) is 0 Å². The number of amides is 1. The van der Waals surface area contributed by atoms with Crippen LogP contribution >= 0.6 is 0 Å². The summed E-state index contributed by atoms with van der Waals surface area (Å²) in [7, 11) is 0. The van der Waals surface area contributed by atoms with E-state index in [1.807, 2.05) is 54.5 Å². The molecule has 1 amide bonds. The average Bonchev–Trinajstić information content (AvgIpc) is 3.21. The molecular formula is C21H22N4O2. The molecule has 138 valence electrons. The highest BCUT2D eigenvalue weighted by Gasteiger charge is 2.21. The Morgan fingerprint density at radius 2 is 2.11 bits per heavy atom. The highest BCUT2D eigenvalue weighted by Crippen LogP contribution is 2.26. The van der Waals surface area contributed by atoms with Gasteiger partial charge in [-0.25, -0.2) is 0 Å². The molecule has 1 aliphatic rings. The summed E-state index contributed by atoms with van der Waals surface area (Å²) in [6, 6.07) is 7.79. The van der Waals surface area contributed by atoms with E-state index in [0.717, 1.165) is 59.3 Å². The van der Waals surface area contributed by atoms with Crippen LogP contribution in [0.2, 0.25) is 0 Å². The molecule has 0 N–H and O–H groups in total. The Kier molecular flexibility index (Phi) is 4.39. The summed E-state index contributed by atoms with van der Waals surface area (Å²) < 4.78 is 7.22. The number of nitrogens with zero attached hydrogens (tertiary/aromatic N) is 4. The van der Waals surface area contributed by atoms with Crippen LogP contribution in [-0.4, -0.2) is 27.2 Å². The van der Waals surface area contributed by atoms with E-state index in [-0.39, 0.29) is 5.91 Å². The fraction of sp³-hybridized carbons (Fsp3) is 0.286. The first-order chi connectivity index (χ1) is 13.0. The third-order valence-electron chi connectivity index (χ3n) is 4.94. The Morgan fingerprint density at radius 1 is 1.26 bits per heavy atom. The van der Waals surface area contributed by atoms with Crippen molar-refractivity contribution >= 4 is 17.7 Å². The SMILES string of the molecule is Cc1cc(-n2c(C)cc(C=CC(=O)N3CCCc4ncccc43)c2C)no1. The quantitative estimate of drug-likeness (QED) is 0.665. The molecule has 6 heteroatoms. The maximum absolute atomic E-state index is 12.8. The molecule has 0 saturated carbocycles. The van der Waals surface area contributed by atoms with Gasteiger partial charge in [0.25, 0.3) is 5.91 Å². The predicted molar refractivity (Wildman–Crippen MR) is 104 cm³/mol. The second-order valence-corrected chi connectivity index (χ2v) is 6.85. The summed E-state index contributed by atoms with van der Waals surface area (Å²) in [5, 5.41) is 4.10. The van der Waals surface area contributed by atoms with E-state index in [0.29, 0.717) is 0 Å². The van der Waals surface area contributed by atoms with E-state index >= 15 is 0 Å². The summed E-state index contributed by atoms with van der Waals surface area (Å²) in [4.78, 5) is 19.0. The Hall–Kier alpha value is -3.15. The number of anilines is 1. The Labute approximate surface area is 158 Å². The molecule has 0 unspecified atom stereocenters. The zero-order valence-electron chi connectivity index (χ0n) is 15.8. The fourth-order valence-electron chi connectivity index (χ4n) is 3.64. The summed E-state index contributed by atoms with van der Waals surface area (Å²) in [6.45, 7) is 6.62. The average molecular weight is 362 g/mol. The van der Waals surface area contributed by atoms with Crippen LogP contribution in [0.1, 0.15) is 34.8 Å². The first kappa shape index (κ1) is 17.3. The van der Waals surface area contributed by atoms with Crippen LogP contribution in [0.25, 0.3) is 11.9 Å².